The number of amides is 2. The highest BCUT2D eigenvalue weighted by Crippen LogP contribution is 2.36. The molecule has 5 heterocycles. The quantitative estimate of drug-likeness (QED) is 0.178. The fraction of sp³-hybridized carbons (Fsp3) is 0.526. The minimum Gasteiger partial charge on any atom is -0.444 e. The highest BCUT2D eigenvalue weighted by Gasteiger charge is 2.31. The Morgan fingerprint density at radius 2 is 1.79 bits per heavy atom. The molecule has 0 saturated carbocycles. The molecule has 2 aliphatic rings. The van der Waals surface area contributed by atoms with Gasteiger partial charge in [0.15, 0.2) is 11.6 Å². The fourth-order valence-corrected chi connectivity index (χ4v) is 7.34. The van der Waals surface area contributed by atoms with Gasteiger partial charge in [-0.05, 0) is 66.0 Å². The Morgan fingerprint density at radius 1 is 1.04 bits per heavy atom. The van der Waals surface area contributed by atoms with Crippen LogP contribution >= 0.6 is 11.3 Å². The Bertz CT molecular complexity index is 1980. The molecular weight excluding hydrogens is 681 g/mol. The van der Waals surface area contributed by atoms with Gasteiger partial charge in [0, 0.05) is 73.5 Å². The molecule has 52 heavy (non-hydrogen) atoms. The van der Waals surface area contributed by atoms with E-state index in [0.717, 1.165) is 50.5 Å². The van der Waals surface area contributed by atoms with Crippen molar-refractivity contribution in [3.8, 4) is 23.2 Å². The van der Waals surface area contributed by atoms with Crippen molar-refractivity contribution < 1.29 is 23.9 Å². The van der Waals surface area contributed by atoms with Crippen molar-refractivity contribution in [1.82, 2.24) is 35.3 Å². The molecule has 2 N–H and O–H groups in total. The van der Waals surface area contributed by atoms with E-state index in [-0.39, 0.29) is 29.9 Å². The van der Waals surface area contributed by atoms with Crippen LogP contribution in [-0.4, -0.2) is 112 Å². The number of hydrogen-bond acceptors (Lipinski definition) is 11. The van der Waals surface area contributed by atoms with Gasteiger partial charge in [-0.15, -0.1) is 11.3 Å². The van der Waals surface area contributed by atoms with E-state index in [1.807, 2.05) is 45.2 Å². The molecule has 1 atom stereocenters. The van der Waals surface area contributed by atoms with Crippen molar-refractivity contribution in [3.05, 3.63) is 35.3 Å². The van der Waals surface area contributed by atoms with Crippen LogP contribution in [0.4, 0.5) is 10.6 Å². The van der Waals surface area contributed by atoms with E-state index < -0.39 is 17.7 Å². The van der Waals surface area contributed by atoms with Crippen molar-refractivity contribution in [3.63, 3.8) is 0 Å². The average molecular weight is 729 g/mol. The third kappa shape index (κ3) is 9.44. The van der Waals surface area contributed by atoms with Gasteiger partial charge in [-0.25, -0.2) is 14.8 Å². The van der Waals surface area contributed by atoms with E-state index in [4.69, 9.17) is 19.4 Å². The second kappa shape index (κ2) is 15.6. The predicted molar refractivity (Wildman–Crippen MR) is 202 cm³/mol. The van der Waals surface area contributed by atoms with E-state index in [1.54, 1.807) is 37.0 Å². The summed E-state index contributed by atoms with van der Waals surface area (Å²) in [6.07, 6.45) is 1.32. The number of carbonyl (C=O) groups excluding carboxylic acids is 3. The number of aromatic amines is 1. The number of Topliss-reactive ketones (excluding diaryl/α,β-unsaturated/α-hetero) is 1. The number of nitrogens with one attached hydrogen (secondary N) is 2. The van der Waals surface area contributed by atoms with E-state index in [2.05, 4.69) is 43.2 Å². The topological polar surface area (TPSA) is 146 Å². The molecule has 2 aliphatic heterocycles. The first-order valence-electron chi connectivity index (χ1n) is 17.8. The number of H-pyrrole nitrogens is 1. The summed E-state index contributed by atoms with van der Waals surface area (Å²) in [6, 6.07) is 7.26. The molecular formula is C38H48N8O5S. The number of ether oxygens (including phenoxy) is 2. The van der Waals surface area contributed by atoms with Crippen LogP contribution in [0.2, 0.25) is 0 Å². The first-order chi connectivity index (χ1) is 24.7. The van der Waals surface area contributed by atoms with E-state index in [9.17, 15) is 14.4 Å². The average Bonchev–Trinajstić information content (AvgIpc) is 3.75. The van der Waals surface area contributed by atoms with Crippen LogP contribution in [0.5, 0.6) is 0 Å². The van der Waals surface area contributed by atoms with Gasteiger partial charge in [0.25, 0.3) is 0 Å². The number of alkyl carbamates (subject to hydrolysis) is 1. The number of aromatic nitrogens is 4. The summed E-state index contributed by atoms with van der Waals surface area (Å²) in [6.45, 7) is 16.9. The smallest absolute Gasteiger partial charge is 0.408 e. The molecule has 3 aromatic heterocycles. The van der Waals surface area contributed by atoms with Crippen molar-refractivity contribution >= 4 is 56.1 Å². The number of anilines is 1. The van der Waals surface area contributed by atoms with Gasteiger partial charge < -0.3 is 24.6 Å². The minimum absolute atomic E-state index is 0.0511. The molecule has 6 rings (SSSR count). The summed E-state index contributed by atoms with van der Waals surface area (Å²) in [5, 5.41) is 11.0. The largest absolute Gasteiger partial charge is 0.444 e. The number of benzene rings is 1. The van der Waals surface area contributed by atoms with Gasteiger partial charge in [0.2, 0.25) is 11.7 Å². The third-order valence-electron chi connectivity index (χ3n) is 8.73. The first-order valence-corrected chi connectivity index (χ1v) is 18.7. The zero-order valence-electron chi connectivity index (χ0n) is 30.9. The van der Waals surface area contributed by atoms with Gasteiger partial charge in [-0.3, -0.25) is 19.6 Å². The second-order valence-electron chi connectivity index (χ2n) is 15.3. The Balaban J connectivity index is 1.15. The lowest BCUT2D eigenvalue weighted by Crippen LogP contribution is -2.55. The van der Waals surface area contributed by atoms with Gasteiger partial charge in [0.1, 0.15) is 11.6 Å². The standard InChI is InChI=1S/C38H48N8O5S/c1-37(2,3)13-12-25(47)10-11-30(41-36(49)51-38(4,5)6)35(48)46-16-14-44(15-17-46)24-26-22-31-32(52-26)34(45-18-20-50-21-19-45)42-33(40-31)27-8-7-9-29-28(27)23-39-43-29/h7-9,22-23,30H,10-11,14-21,24H2,1-6H3,(H,39,43)(H,41,49)/t30-/m0/s1. The van der Waals surface area contributed by atoms with Crippen LogP contribution < -0.4 is 10.2 Å². The highest BCUT2D eigenvalue weighted by atomic mass is 32.1. The van der Waals surface area contributed by atoms with Gasteiger partial charge >= 0.3 is 6.09 Å². The minimum atomic E-state index is -0.899. The van der Waals surface area contributed by atoms with Crippen LogP contribution in [0.3, 0.4) is 0 Å². The number of rotatable bonds is 9. The van der Waals surface area contributed by atoms with Crippen LogP contribution in [0.25, 0.3) is 32.5 Å². The Hall–Kier alpha value is -4.58. The summed E-state index contributed by atoms with van der Waals surface area (Å²) in [5.74, 6) is 6.72. The van der Waals surface area contributed by atoms with Crippen molar-refractivity contribution in [1.29, 1.82) is 0 Å². The lowest BCUT2D eigenvalue weighted by atomic mass is 9.97. The first kappa shape index (κ1) is 37.2. The predicted octanol–water partition coefficient (Wildman–Crippen LogP) is 5.01. The van der Waals surface area contributed by atoms with Crippen LogP contribution in [0.1, 0.15) is 59.3 Å². The maximum Gasteiger partial charge on any atom is 0.408 e. The monoisotopic (exact) mass is 728 g/mol. The molecule has 1 aromatic carbocycles. The van der Waals surface area contributed by atoms with Gasteiger partial charge in [0.05, 0.1) is 35.1 Å². The number of nitrogens with zero attached hydrogens (tertiary/aromatic N) is 6. The van der Waals surface area contributed by atoms with Crippen molar-refractivity contribution in [2.24, 2.45) is 5.41 Å². The van der Waals surface area contributed by atoms with E-state index in [1.165, 1.54) is 0 Å². The molecule has 14 heteroatoms. The number of piperazine rings is 1. The molecule has 276 valence electrons. The molecule has 0 radical (unpaired) electrons. The number of carbonyl (C=O) groups is 3. The summed E-state index contributed by atoms with van der Waals surface area (Å²) in [7, 11) is 0. The Labute approximate surface area is 308 Å². The molecule has 0 aliphatic carbocycles. The molecule has 2 amide bonds. The van der Waals surface area contributed by atoms with E-state index in [0.29, 0.717) is 51.8 Å². The number of thiophene rings is 1. The summed E-state index contributed by atoms with van der Waals surface area (Å²) < 4.78 is 12.1. The Kier molecular flexibility index (Phi) is 11.1. The zero-order chi connectivity index (χ0) is 37.0. The third-order valence-corrected chi connectivity index (χ3v) is 9.84. The molecule has 2 fully saturated rings. The molecule has 13 nitrogen and oxygen atoms in total. The van der Waals surface area contributed by atoms with Crippen LogP contribution in [-0.2, 0) is 25.6 Å². The lowest BCUT2D eigenvalue weighted by molar-refractivity contribution is -0.135. The maximum atomic E-state index is 13.8. The second-order valence-corrected chi connectivity index (χ2v) is 16.4. The molecule has 4 aromatic rings. The van der Waals surface area contributed by atoms with Gasteiger partial charge in [-0.1, -0.05) is 18.1 Å². The fourth-order valence-electron chi connectivity index (χ4n) is 6.18. The molecule has 2 saturated heterocycles. The number of fused-ring (bicyclic) bond motifs is 2. The highest BCUT2D eigenvalue weighted by molar-refractivity contribution is 7.19. The summed E-state index contributed by atoms with van der Waals surface area (Å²) in [5.41, 5.74) is 1.72. The lowest BCUT2D eigenvalue weighted by Gasteiger charge is -2.36. The summed E-state index contributed by atoms with van der Waals surface area (Å²) >= 11 is 1.71. The van der Waals surface area contributed by atoms with Crippen molar-refractivity contribution in [2.75, 3.05) is 57.4 Å². The zero-order valence-corrected chi connectivity index (χ0v) is 31.7. The molecule has 0 spiro atoms. The molecule has 0 unspecified atom stereocenters. The van der Waals surface area contributed by atoms with Crippen LogP contribution in [0.15, 0.2) is 30.5 Å². The van der Waals surface area contributed by atoms with Gasteiger partial charge in [-0.2, -0.15) is 5.10 Å². The normalized spacial score (nSPS) is 16.4. The molecule has 0 bridgehead atoms. The number of hydrogen-bond donors (Lipinski definition) is 2. The SMILES string of the molecule is CC(C)(C)C#CC(=O)CC[C@H](NC(=O)OC(C)(C)C)C(=O)N1CCN(Cc2cc3nc(-c4cccc5[nH]ncc45)nc(N4CCOCC4)c3s2)CC1. The van der Waals surface area contributed by atoms with Crippen molar-refractivity contribution in [2.45, 2.75) is 72.6 Å². The summed E-state index contributed by atoms with van der Waals surface area (Å²) in [4.78, 5) is 56.7. The van der Waals surface area contributed by atoms with Crippen LogP contribution in [0, 0.1) is 17.3 Å². The number of ketones is 1. The maximum absolute atomic E-state index is 13.8. The Morgan fingerprint density at radius 3 is 2.50 bits per heavy atom. The number of morpholine rings is 1. The van der Waals surface area contributed by atoms with E-state index >= 15 is 0 Å².